The normalized spacial score (nSPS) is 29.7. The third-order valence-electron chi connectivity index (χ3n) is 2.71. The zero-order valence-corrected chi connectivity index (χ0v) is 11.1. The number of nitrogens with one attached hydrogen (secondary N) is 1. The zero-order chi connectivity index (χ0) is 15.8. The monoisotopic (exact) mass is 323 g/mol. The summed E-state index contributed by atoms with van der Waals surface area (Å²) in [5, 5.41) is 22.9. The van der Waals surface area contributed by atoms with Crippen LogP contribution in [-0.2, 0) is 13.8 Å². The number of aromatic nitrogens is 3. The van der Waals surface area contributed by atoms with E-state index in [1.807, 2.05) is 4.98 Å². The first-order valence-electron chi connectivity index (χ1n) is 5.55. The predicted molar refractivity (Wildman–Crippen MR) is 58.6 cm³/mol. The first-order chi connectivity index (χ1) is 9.69. The second kappa shape index (κ2) is 5.77. The van der Waals surface area contributed by atoms with Gasteiger partial charge in [0.05, 0.1) is 14.4 Å². The summed E-state index contributed by atoms with van der Waals surface area (Å²) in [4.78, 5) is 45.0. The second-order valence-electron chi connectivity index (χ2n) is 4.17. The van der Waals surface area contributed by atoms with Gasteiger partial charge < -0.3 is 33.8 Å². The molecule has 0 radical (unpaired) electrons. The highest BCUT2D eigenvalue weighted by Crippen LogP contribution is 2.31. The molecule has 4 atom stereocenters. The van der Waals surface area contributed by atoms with Gasteiger partial charge in [0.2, 0.25) is 0 Å². The van der Waals surface area contributed by atoms with E-state index in [-0.39, 0.29) is 0 Å². The average Bonchev–Trinajstić information content (AvgIpc) is 2.64. The van der Waals surface area contributed by atoms with Crippen LogP contribution in [0.2, 0.25) is 0 Å². The van der Waals surface area contributed by atoms with E-state index in [9.17, 15) is 34.2 Å². The summed E-state index contributed by atoms with van der Waals surface area (Å²) >= 11 is 0. The summed E-state index contributed by atoms with van der Waals surface area (Å²) < 4.78 is 19.9. The third kappa shape index (κ3) is 3.63. The standard InChI is InChI=1S/C8H12N3O9P/c12-4-1-9-11(8(15)10-4)7-6(14)5(13)3(20-7)2-19-21(16,17)18/h1,3,5-7,13-14H,2H2,(H,10,12,15)(H2,16,17,18)/p-2/t3-,5-,6-,7-/m1/s1. The number of H-pyrrole nitrogens is 1. The number of phosphoric ester groups is 1. The van der Waals surface area contributed by atoms with Crippen molar-refractivity contribution in [2.75, 3.05) is 6.61 Å². The van der Waals surface area contributed by atoms with Crippen LogP contribution >= 0.6 is 7.82 Å². The Labute approximate surface area is 115 Å². The second-order valence-corrected chi connectivity index (χ2v) is 5.33. The van der Waals surface area contributed by atoms with Crippen molar-refractivity contribution in [2.45, 2.75) is 24.5 Å². The average molecular weight is 323 g/mol. The molecule has 1 fully saturated rings. The molecule has 1 aliphatic heterocycles. The van der Waals surface area contributed by atoms with Crippen LogP contribution in [0.15, 0.2) is 15.8 Å². The Kier molecular flexibility index (Phi) is 4.39. The van der Waals surface area contributed by atoms with E-state index >= 15 is 0 Å². The van der Waals surface area contributed by atoms with Crippen molar-refractivity contribution < 1.29 is 33.8 Å². The van der Waals surface area contributed by atoms with Crippen LogP contribution in [0.5, 0.6) is 0 Å². The Balaban J connectivity index is 2.18. The van der Waals surface area contributed by atoms with E-state index in [1.165, 1.54) is 0 Å². The Morgan fingerprint density at radius 1 is 1.43 bits per heavy atom. The van der Waals surface area contributed by atoms with E-state index in [2.05, 4.69) is 9.62 Å². The van der Waals surface area contributed by atoms with Crippen molar-refractivity contribution in [2.24, 2.45) is 0 Å². The molecule has 0 saturated carbocycles. The van der Waals surface area contributed by atoms with Crippen molar-refractivity contribution in [3.63, 3.8) is 0 Å². The molecule has 1 aromatic rings. The highest BCUT2D eigenvalue weighted by molar-refractivity contribution is 7.43. The lowest BCUT2D eigenvalue weighted by Gasteiger charge is -2.30. The molecule has 0 spiro atoms. The van der Waals surface area contributed by atoms with Gasteiger partial charge in [-0.25, -0.2) is 4.79 Å². The minimum Gasteiger partial charge on any atom is -0.790 e. The molecule has 3 N–H and O–H groups in total. The van der Waals surface area contributed by atoms with Crippen LogP contribution < -0.4 is 21.0 Å². The maximum Gasteiger partial charge on any atom is 0.347 e. The number of aromatic amines is 1. The smallest absolute Gasteiger partial charge is 0.347 e. The maximum absolute atomic E-state index is 11.5. The van der Waals surface area contributed by atoms with Gasteiger partial charge in [0.25, 0.3) is 5.56 Å². The van der Waals surface area contributed by atoms with Gasteiger partial charge in [0.1, 0.15) is 24.5 Å². The molecule has 1 saturated heterocycles. The molecular weight excluding hydrogens is 313 g/mol. The molecule has 1 aliphatic rings. The molecular formula is C8H10N3O9P-2. The summed E-state index contributed by atoms with van der Waals surface area (Å²) in [7, 11) is -5.28. The minimum atomic E-state index is -5.28. The number of ether oxygens (including phenoxy) is 1. The van der Waals surface area contributed by atoms with Crippen molar-refractivity contribution in [1.29, 1.82) is 0 Å². The Hall–Kier alpha value is -1.40. The molecule has 0 bridgehead atoms. The first kappa shape index (κ1) is 16.0. The Bertz CT molecular complexity index is 665. The van der Waals surface area contributed by atoms with E-state index < -0.39 is 50.2 Å². The summed E-state index contributed by atoms with van der Waals surface area (Å²) in [6.45, 7) is -0.836. The molecule has 0 aromatic carbocycles. The van der Waals surface area contributed by atoms with Crippen LogP contribution in [0.25, 0.3) is 0 Å². The van der Waals surface area contributed by atoms with Crippen LogP contribution in [0.4, 0.5) is 0 Å². The van der Waals surface area contributed by atoms with Crippen LogP contribution in [0.3, 0.4) is 0 Å². The number of phosphoric acid groups is 1. The molecule has 21 heavy (non-hydrogen) atoms. The van der Waals surface area contributed by atoms with E-state index in [1.54, 1.807) is 0 Å². The number of rotatable bonds is 4. The Morgan fingerprint density at radius 3 is 2.67 bits per heavy atom. The summed E-state index contributed by atoms with van der Waals surface area (Å²) in [6.07, 6.45) is -5.37. The van der Waals surface area contributed by atoms with Crippen molar-refractivity contribution in [1.82, 2.24) is 14.8 Å². The fourth-order valence-electron chi connectivity index (χ4n) is 1.78. The van der Waals surface area contributed by atoms with Gasteiger partial charge >= 0.3 is 5.69 Å². The highest BCUT2D eigenvalue weighted by Gasteiger charge is 2.44. The fraction of sp³-hybridized carbons (Fsp3) is 0.625. The lowest BCUT2D eigenvalue weighted by Crippen LogP contribution is -2.39. The fourth-order valence-corrected chi connectivity index (χ4v) is 2.11. The zero-order valence-electron chi connectivity index (χ0n) is 10.2. The topological polar surface area (TPSA) is 190 Å². The minimum absolute atomic E-state index is 0.559. The van der Waals surface area contributed by atoms with Crippen LogP contribution in [-0.4, -0.2) is 49.9 Å². The van der Waals surface area contributed by atoms with Gasteiger partial charge in [-0.1, -0.05) is 0 Å². The van der Waals surface area contributed by atoms with Crippen molar-refractivity contribution in [3.05, 3.63) is 27.0 Å². The quantitative estimate of drug-likeness (QED) is 0.454. The van der Waals surface area contributed by atoms with Gasteiger partial charge in [-0.3, -0.25) is 9.78 Å². The highest BCUT2D eigenvalue weighted by atomic mass is 31.2. The number of aliphatic hydroxyl groups excluding tert-OH is 2. The lowest BCUT2D eigenvalue weighted by atomic mass is 10.1. The van der Waals surface area contributed by atoms with Crippen molar-refractivity contribution in [3.8, 4) is 0 Å². The first-order valence-corrected chi connectivity index (χ1v) is 7.01. The molecule has 12 nitrogen and oxygen atoms in total. The molecule has 118 valence electrons. The maximum atomic E-state index is 11.5. The molecule has 0 amide bonds. The number of nitrogens with zero attached hydrogens (tertiary/aromatic N) is 2. The van der Waals surface area contributed by atoms with Crippen LogP contribution in [0.1, 0.15) is 6.23 Å². The lowest BCUT2D eigenvalue weighted by molar-refractivity contribution is -0.343. The van der Waals surface area contributed by atoms with E-state index in [0.717, 1.165) is 6.20 Å². The SMILES string of the molecule is O=c1cnn([C@@H]2O[C@H](COP(=O)([O-])[O-])[C@@H](O)[C@H]2O)c(=O)[nH]1. The van der Waals surface area contributed by atoms with E-state index in [4.69, 9.17) is 4.74 Å². The molecule has 0 unspecified atom stereocenters. The largest absolute Gasteiger partial charge is 0.790 e. The predicted octanol–water partition coefficient (Wildman–Crippen LogP) is -4.60. The third-order valence-corrected chi connectivity index (χ3v) is 3.18. The molecule has 1 aromatic heterocycles. The van der Waals surface area contributed by atoms with Gasteiger partial charge in [0.15, 0.2) is 6.23 Å². The summed E-state index contributed by atoms with van der Waals surface area (Å²) in [6, 6.07) is 0. The number of aliphatic hydroxyl groups is 2. The van der Waals surface area contributed by atoms with Crippen molar-refractivity contribution >= 4 is 7.82 Å². The summed E-state index contributed by atoms with van der Waals surface area (Å²) in [5.74, 6) is 0. The van der Waals surface area contributed by atoms with Gasteiger partial charge in [-0.2, -0.15) is 9.78 Å². The van der Waals surface area contributed by atoms with E-state index in [0.29, 0.717) is 4.68 Å². The number of hydrogen-bond acceptors (Lipinski definition) is 10. The summed E-state index contributed by atoms with van der Waals surface area (Å²) in [5.41, 5.74) is -1.78. The molecule has 13 heteroatoms. The Morgan fingerprint density at radius 2 is 2.10 bits per heavy atom. The number of hydrogen-bond donors (Lipinski definition) is 3. The molecule has 2 rings (SSSR count). The van der Waals surface area contributed by atoms with Gasteiger partial charge in [-0.05, 0) is 0 Å². The molecule has 2 heterocycles. The van der Waals surface area contributed by atoms with Gasteiger partial charge in [-0.15, -0.1) is 0 Å². The van der Waals surface area contributed by atoms with Crippen LogP contribution in [0, 0.1) is 0 Å². The van der Waals surface area contributed by atoms with Gasteiger partial charge in [0, 0.05) is 0 Å². The molecule has 0 aliphatic carbocycles.